The number of rotatable bonds is 12. The Kier molecular flexibility index (Phi) is 10.1. The van der Waals surface area contributed by atoms with Crippen LogP contribution in [0.1, 0.15) is 38.5 Å². The van der Waals surface area contributed by atoms with Gasteiger partial charge in [-0.3, -0.25) is 9.69 Å². The van der Waals surface area contributed by atoms with E-state index < -0.39 is 6.04 Å². The number of para-hydroxylation sites is 1. The van der Waals surface area contributed by atoms with E-state index in [0.29, 0.717) is 48.2 Å². The SMILES string of the molecule is C=C(CN1CCCCC1)Oc1ccccc1/N=N/c1ccc(NC(=O)[C@@H](N)CCCCN)nc1N. The lowest BCUT2D eigenvalue weighted by molar-refractivity contribution is -0.117. The van der Waals surface area contributed by atoms with Crippen LogP contribution in [0.25, 0.3) is 0 Å². The van der Waals surface area contributed by atoms with Crippen LogP contribution in [0, 0.1) is 0 Å². The van der Waals surface area contributed by atoms with Crippen molar-refractivity contribution in [2.24, 2.45) is 21.7 Å². The van der Waals surface area contributed by atoms with Crippen LogP contribution in [-0.4, -0.2) is 48.0 Å². The molecule has 2 heterocycles. The van der Waals surface area contributed by atoms with E-state index in [9.17, 15) is 4.79 Å². The minimum absolute atomic E-state index is 0.135. The molecule has 1 aliphatic heterocycles. The lowest BCUT2D eigenvalue weighted by atomic mass is 10.1. The molecule has 1 saturated heterocycles. The molecule has 0 spiro atoms. The summed E-state index contributed by atoms with van der Waals surface area (Å²) in [4.78, 5) is 18.8. The molecule has 3 rings (SSSR count). The fraction of sp³-hybridized carbons (Fsp3) is 0.440. The van der Waals surface area contributed by atoms with Gasteiger partial charge in [-0.05, 0) is 69.6 Å². The predicted molar refractivity (Wildman–Crippen MR) is 139 cm³/mol. The Bertz CT molecular complexity index is 1020. The highest BCUT2D eigenvalue weighted by Gasteiger charge is 2.15. The molecule has 35 heavy (non-hydrogen) atoms. The molecule has 0 aliphatic carbocycles. The van der Waals surface area contributed by atoms with Crippen LogP contribution in [0.4, 0.5) is 23.0 Å². The molecule has 10 heteroatoms. The van der Waals surface area contributed by atoms with Crippen molar-refractivity contribution in [1.82, 2.24) is 9.88 Å². The molecule has 1 aromatic heterocycles. The van der Waals surface area contributed by atoms with Gasteiger partial charge in [0, 0.05) is 0 Å². The Morgan fingerprint density at radius 1 is 1.11 bits per heavy atom. The summed E-state index contributed by atoms with van der Waals surface area (Å²) in [7, 11) is 0. The van der Waals surface area contributed by atoms with Gasteiger partial charge in [0.25, 0.3) is 0 Å². The number of hydrogen-bond acceptors (Lipinski definition) is 9. The van der Waals surface area contributed by atoms with E-state index in [-0.39, 0.29) is 11.7 Å². The number of nitrogen functional groups attached to an aromatic ring is 1. The zero-order valence-corrected chi connectivity index (χ0v) is 20.2. The number of aromatic nitrogens is 1. The van der Waals surface area contributed by atoms with E-state index in [2.05, 4.69) is 32.0 Å². The first-order valence-electron chi connectivity index (χ1n) is 12.1. The van der Waals surface area contributed by atoms with Gasteiger partial charge in [-0.15, -0.1) is 10.2 Å². The summed E-state index contributed by atoms with van der Waals surface area (Å²) in [6.07, 6.45) is 5.86. The van der Waals surface area contributed by atoms with E-state index in [1.165, 1.54) is 19.3 Å². The van der Waals surface area contributed by atoms with Crippen molar-refractivity contribution in [3.05, 3.63) is 48.7 Å². The molecule has 1 amide bonds. The number of ether oxygens (including phenoxy) is 1. The van der Waals surface area contributed by atoms with Gasteiger partial charge in [-0.1, -0.05) is 31.6 Å². The number of carbonyl (C=O) groups is 1. The van der Waals surface area contributed by atoms with E-state index in [4.69, 9.17) is 21.9 Å². The molecule has 1 fully saturated rings. The minimum Gasteiger partial charge on any atom is -0.459 e. The molecular formula is C25H36N8O2. The van der Waals surface area contributed by atoms with Gasteiger partial charge in [-0.2, -0.15) is 0 Å². The zero-order valence-electron chi connectivity index (χ0n) is 20.2. The molecule has 1 aromatic carbocycles. The van der Waals surface area contributed by atoms with Crippen molar-refractivity contribution < 1.29 is 9.53 Å². The smallest absolute Gasteiger partial charge is 0.242 e. The average Bonchev–Trinajstić information content (AvgIpc) is 2.85. The third-order valence-corrected chi connectivity index (χ3v) is 5.69. The van der Waals surface area contributed by atoms with Crippen molar-refractivity contribution in [2.45, 2.75) is 44.6 Å². The molecule has 0 saturated carbocycles. The quantitative estimate of drug-likeness (QED) is 0.204. The van der Waals surface area contributed by atoms with Crippen molar-refractivity contribution in [1.29, 1.82) is 0 Å². The highest BCUT2D eigenvalue weighted by Crippen LogP contribution is 2.31. The topological polar surface area (TPSA) is 157 Å². The highest BCUT2D eigenvalue weighted by molar-refractivity contribution is 5.94. The summed E-state index contributed by atoms with van der Waals surface area (Å²) in [5.74, 6) is 1.35. The normalized spacial score (nSPS) is 15.1. The number of nitrogens with two attached hydrogens (primary N) is 3. The van der Waals surface area contributed by atoms with Gasteiger partial charge >= 0.3 is 0 Å². The van der Waals surface area contributed by atoms with Crippen molar-refractivity contribution in [3.8, 4) is 5.75 Å². The fourth-order valence-corrected chi connectivity index (χ4v) is 3.77. The monoisotopic (exact) mass is 480 g/mol. The first kappa shape index (κ1) is 26.3. The van der Waals surface area contributed by atoms with Gasteiger partial charge in [0.05, 0.1) is 12.6 Å². The fourth-order valence-electron chi connectivity index (χ4n) is 3.77. The Labute approximate surface area is 206 Å². The number of unbranched alkanes of at least 4 members (excludes halogenated alkanes) is 1. The van der Waals surface area contributed by atoms with Crippen molar-refractivity contribution >= 4 is 28.9 Å². The molecule has 0 radical (unpaired) electrons. The third-order valence-electron chi connectivity index (χ3n) is 5.69. The maximum Gasteiger partial charge on any atom is 0.242 e. The van der Waals surface area contributed by atoms with Crippen molar-refractivity contribution in [3.63, 3.8) is 0 Å². The Hall–Kier alpha value is -3.34. The summed E-state index contributed by atoms with van der Waals surface area (Å²) >= 11 is 0. The molecular weight excluding hydrogens is 444 g/mol. The van der Waals surface area contributed by atoms with Crippen LogP contribution < -0.4 is 27.3 Å². The Morgan fingerprint density at radius 2 is 1.86 bits per heavy atom. The summed E-state index contributed by atoms with van der Waals surface area (Å²) in [6.45, 7) is 7.46. The largest absolute Gasteiger partial charge is 0.459 e. The van der Waals surface area contributed by atoms with E-state index in [1.54, 1.807) is 18.2 Å². The molecule has 10 nitrogen and oxygen atoms in total. The van der Waals surface area contributed by atoms with Gasteiger partial charge in [0.2, 0.25) is 5.91 Å². The van der Waals surface area contributed by atoms with E-state index >= 15 is 0 Å². The molecule has 1 aliphatic rings. The van der Waals surface area contributed by atoms with Gasteiger partial charge in [0.15, 0.2) is 11.6 Å². The number of nitrogens with one attached hydrogen (secondary N) is 1. The number of benzene rings is 1. The Balaban J connectivity index is 1.60. The second-order valence-corrected chi connectivity index (χ2v) is 8.63. The number of likely N-dealkylation sites (tertiary alicyclic amines) is 1. The maximum atomic E-state index is 12.3. The highest BCUT2D eigenvalue weighted by atomic mass is 16.5. The molecule has 2 aromatic rings. The third kappa shape index (κ3) is 8.43. The second kappa shape index (κ2) is 13.5. The maximum absolute atomic E-state index is 12.3. The lowest BCUT2D eigenvalue weighted by Crippen LogP contribution is -2.35. The molecule has 1 atom stereocenters. The molecule has 0 bridgehead atoms. The molecule has 188 valence electrons. The predicted octanol–water partition coefficient (Wildman–Crippen LogP) is 3.85. The van der Waals surface area contributed by atoms with Crippen LogP contribution in [0.15, 0.2) is 59.0 Å². The summed E-state index contributed by atoms with van der Waals surface area (Å²) in [5, 5.41) is 11.2. The molecule has 7 N–H and O–H groups in total. The number of carbonyl (C=O) groups excluding carboxylic acids is 1. The lowest BCUT2D eigenvalue weighted by Gasteiger charge is -2.26. The zero-order chi connectivity index (χ0) is 25.0. The summed E-state index contributed by atoms with van der Waals surface area (Å²) < 4.78 is 5.98. The standard InChI is InChI=1S/C25H36N8O2/c1-18(17-33-15-7-2-8-16-33)35-22-11-4-3-10-20(22)31-32-21-12-13-23(29-24(21)28)30-25(34)19(27)9-5-6-14-26/h3-4,10-13,19H,1-2,5-9,14-17,26-27H2,(H3,28,29,30,34)/b32-31+/t19-/m0/s1. The van der Waals surface area contributed by atoms with E-state index in [0.717, 1.165) is 25.9 Å². The number of nitrogens with zero attached hydrogens (tertiary/aromatic N) is 4. The number of amides is 1. The number of piperidine rings is 1. The van der Waals surface area contributed by atoms with Crippen LogP contribution in [0.2, 0.25) is 0 Å². The van der Waals surface area contributed by atoms with E-state index in [1.807, 2.05) is 18.2 Å². The summed E-state index contributed by atoms with van der Waals surface area (Å²) in [5.41, 5.74) is 18.4. The van der Waals surface area contributed by atoms with Gasteiger partial charge < -0.3 is 27.3 Å². The Morgan fingerprint density at radius 3 is 2.60 bits per heavy atom. The van der Waals surface area contributed by atoms with Gasteiger partial charge in [0.1, 0.15) is 23.0 Å². The number of anilines is 2. The second-order valence-electron chi connectivity index (χ2n) is 8.63. The number of azo groups is 1. The van der Waals surface area contributed by atoms with Crippen LogP contribution in [-0.2, 0) is 4.79 Å². The van der Waals surface area contributed by atoms with Crippen LogP contribution >= 0.6 is 0 Å². The van der Waals surface area contributed by atoms with Gasteiger partial charge in [-0.25, -0.2) is 4.98 Å². The first-order valence-corrected chi connectivity index (χ1v) is 12.1. The summed E-state index contributed by atoms with van der Waals surface area (Å²) in [6, 6.07) is 9.97. The average molecular weight is 481 g/mol. The van der Waals surface area contributed by atoms with Crippen molar-refractivity contribution in [2.75, 3.05) is 37.2 Å². The number of pyridine rings is 1. The minimum atomic E-state index is -0.634. The molecule has 0 unspecified atom stereocenters. The van der Waals surface area contributed by atoms with Crippen LogP contribution in [0.3, 0.4) is 0 Å². The first-order chi connectivity index (χ1) is 17.0. The number of hydrogen-bond donors (Lipinski definition) is 4. The van der Waals surface area contributed by atoms with Crippen LogP contribution in [0.5, 0.6) is 5.75 Å².